The quantitative estimate of drug-likeness (QED) is 0.627. The zero-order chi connectivity index (χ0) is 12.0. The summed E-state index contributed by atoms with van der Waals surface area (Å²) in [5.74, 6) is -0.881. The van der Waals surface area contributed by atoms with E-state index in [4.69, 9.17) is 9.84 Å². The number of halogens is 1. The Bertz CT molecular complexity index is 399. The lowest BCUT2D eigenvalue weighted by atomic mass is 10.1. The van der Waals surface area contributed by atoms with Gasteiger partial charge in [-0.25, -0.2) is 9.18 Å². The predicted molar refractivity (Wildman–Crippen MR) is 58.0 cm³/mol. The third-order valence-electron chi connectivity index (χ3n) is 1.96. The maximum absolute atomic E-state index is 12.8. The minimum absolute atomic E-state index is 0.278. The number of carbonyl (C=O) groups is 1. The highest BCUT2D eigenvalue weighted by Gasteiger charge is 2.01. The van der Waals surface area contributed by atoms with Crippen molar-refractivity contribution >= 4 is 12.0 Å². The van der Waals surface area contributed by atoms with Crippen LogP contribution >= 0.6 is 0 Å². The average Bonchev–Trinajstić information content (AvgIpc) is 2.27. The van der Waals surface area contributed by atoms with Gasteiger partial charge in [-0.3, -0.25) is 0 Å². The molecule has 0 aliphatic heterocycles. The molecule has 1 aromatic carbocycles. The Hall–Kier alpha value is -1.68. The molecule has 0 amide bonds. The molecule has 0 aromatic heterocycles. The van der Waals surface area contributed by atoms with Crippen LogP contribution in [0.15, 0.2) is 24.3 Å². The maximum atomic E-state index is 12.8. The van der Waals surface area contributed by atoms with Crippen molar-refractivity contribution in [1.29, 1.82) is 0 Å². The van der Waals surface area contributed by atoms with Crippen molar-refractivity contribution in [2.24, 2.45) is 0 Å². The number of aliphatic hydroxyl groups excluding tert-OH is 1. The maximum Gasteiger partial charge on any atom is 0.330 e. The smallest absolute Gasteiger partial charge is 0.330 e. The van der Waals surface area contributed by atoms with E-state index < -0.39 is 11.8 Å². The number of hydrogen-bond acceptors (Lipinski definition) is 3. The van der Waals surface area contributed by atoms with Crippen LogP contribution in [0.25, 0.3) is 6.08 Å². The number of esters is 1. The van der Waals surface area contributed by atoms with Crippen molar-refractivity contribution in [3.63, 3.8) is 0 Å². The molecule has 1 rings (SSSR count). The normalized spacial score (nSPS) is 10.7. The lowest BCUT2D eigenvalue weighted by Gasteiger charge is -2.02. The molecular weight excluding hydrogens is 211 g/mol. The standard InChI is InChI=1S/C12H13FO3/c1-2-16-12(15)6-4-9-3-5-11(13)7-10(9)8-14/h3-7,14H,2,8H2,1H3. The summed E-state index contributed by atoms with van der Waals surface area (Å²) in [6.07, 6.45) is 2.74. The fourth-order valence-electron chi connectivity index (χ4n) is 1.22. The van der Waals surface area contributed by atoms with Crippen LogP contribution in [0.3, 0.4) is 0 Å². The Kier molecular flexibility index (Phi) is 4.66. The molecule has 0 unspecified atom stereocenters. The van der Waals surface area contributed by atoms with Gasteiger partial charge >= 0.3 is 5.97 Å². The van der Waals surface area contributed by atoms with E-state index in [0.717, 1.165) is 0 Å². The third kappa shape index (κ3) is 3.47. The molecule has 0 radical (unpaired) electrons. The van der Waals surface area contributed by atoms with Gasteiger partial charge in [0.1, 0.15) is 5.82 Å². The van der Waals surface area contributed by atoms with Gasteiger partial charge in [0.25, 0.3) is 0 Å². The van der Waals surface area contributed by atoms with Crippen LogP contribution in [0.4, 0.5) is 4.39 Å². The van der Waals surface area contributed by atoms with Gasteiger partial charge in [0.2, 0.25) is 0 Å². The molecule has 4 heteroatoms. The first-order chi connectivity index (χ1) is 7.67. The van der Waals surface area contributed by atoms with Gasteiger partial charge < -0.3 is 9.84 Å². The van der Waals surface area contributed by atoms with Crippen molar-refractivity contribution < 1.29 is 19.0 Å². The van der Waals surface area contributed by atoms with E-state index in [9.17, 15) is 9.18 Å². The van der Waals surface area contributed by atoms with Gasteiger partial charge in [0.05, 0.1) is 13.2 Å². The Morgan fingerprint density at radius 2 is 2.31 bits per heavy atom. The van der Waals surface area contributed by atoms with Crippen molar-refractivity contribution in [2.45, 2.75) is 13.5 Å². The second kappa shape index (κ2) is 6.02. The molecule has 0 aliphatic rings. The average molecular weight is 224 g/mol. The van der Waals surface area contributed by atoms with Gasteiger partial charge in [-0.05, 0) is 36.3 Å². The van der Waals surface area contributed by atoms with Crippen molar-refractivity contribution in [3.05, 3.63) is 41.2 Å². The van der Waals surface area contributed by atoms with Gasteiger partial charge in [0, 0.05) is 6.08 Å². The molecule has 0 atom stereocenters. The summed E-state index contributed by atoms with van der Waals surface area (Å²) in [6, 6.07) is 3.99. The highest BCUT2D eigenvalue weighted by molar-refractivity contribution is 5.87. The summed E-state index contributed by atoms with van der Waals surface area (Å²) < 4.78 is 17.5. The van der Waals surface area contributed by atoms with E-state index in [0.29, 0.717) is 17.7 Å². The van der Waals surface area contributed by atoms with Crippen LogP contribution in [-0.4, -0.2) is 17.7 Å². The summed E-state index contributed by atoms with van der Waals surface area (Å²) in [4.78, 5) is 11.0. The molecular formula is C12H13FO3. The minimum atomic E-state index is -0.462. The van der Waals surface area contributed by atoms with E-state index in [1.165, 1.54) is 30.4 Å². The number of ether oxygens (including phenoxy) is 1. The Morgan fingerprint density at radius 1 is 1.56 bits per heavy atom. The molecule has 16 heavy (non-hydrogen) atoms. The fourth-order valence-corrected chi connectivity index (χ4v) is 1.22. The van der Waals surface area contributed by atoms with E-state index in [-0.39, 0.29) is 6.61 Å². The molecule has 0 spiro atoms. The molecule has 86 valence electrons. The van der Waals surface area contributed by atoms with Gasteiger partial charge in [0.15, 0.2) is 0 Å². The van der Waals surface area contributed by atoms with Crippen LogP contribution < -0.4 is 0 Å². The van der Waals surface area contributed by atoms with Crippen LogP contribution in [0, 0.1) is 5.82 Å². The van der Waals surface area contributed by atoms with Gasteiger partial charge in [-0.2, -0.15) is 0 Å². The summed E-state index contributed by atoms with van der Waals surface area (Å²) >= 11 is 0. The molecule has 3 nitrogen and oxygen atoms in total. The molecule has 0 saturated heterocycles. The van der Waals surface area contributed by atoms with Crippen molar-refractivity contribution in [1.82, 2.24) is 0 Å². The third-order valence-corrected chi connectivity index (χ3v) is 1.96. The first-order valence-corrected chi connectivity index (χ1v) is 4.91. The first kappa shape index (κ1) is 12.4. The number of benzene rings is 1. The molecule has 0 aliphatic carbocycles. The zero-order valence-electron chi connectivity index (χ0n) is 8.94. The molecule has 0 bridgehead atoms. The van der Waals surface area contributed by atoms with Crippen molar-refractivity contribution in [2.75, 3.05) is 6.61 Å². The van der Waals surface area contributed by atoms with Crippen LogP contribution in [0.1, 0.15) is 18.1 Å². The SMILES string of the molecule is CCOC(=O)C=Cc1ccc(F)cc1CO. The van der Waals surface area contributed by atoms with E-state index in [1.54, 1.807) is 6.92 Å². The lowest BCUT2D eigenvalue weighted by molar-refractivity contribution is -0.137. The van der Waals surface area contributed by atoms with Crippen LogP contribution in [0.5, 0.6) is 0 Å². The Morgan fingerprint density at radius 3 is 2.94 bits per heavy atom. The van der Waals surface area contributed by atoms with Crippen LogP contribution in [-0.2, 0) is 16.1 Å². The second-order valence-corrected chi connectivity index (χ2v) is 3.09. The predicted octanol–water partition coefficient (Wildman–Crippen LogP) is 1.89. The highest BCUT2D eigenvalue weighted by atomic mass is 19.1. The van der Waals surface area contributed by atoms with E-state index in [2.05, 4.69) is 0 Å². The van der Waals surface area contributed by atoms with Gasteiger partial charge in [-0.15, -0.1) is 0 Å². The number of hydrogen-bond donors (Lipinski definition) is 1. The minimum Gasteiger partial charge on any atom is -0.463 e. The molecule has 0 saturated carbocycles. The monoisotopic (exact) mass is 224 g/mol. The molecule has 1 N–H and O–H groups in total. The van der Waals surface area contributed by atoms with Crippen LogP contribution in [0.2, 0.25) is 0 Å². The van der Waals surface area contributed by atoms with Crippen molar-refractivity contribution in [3.8, 4) is 0 Å². The summed E-state index contributed by atoms with van der Waals surface area (Å²) in [5, 5.41) is 8.99. The Labute approximate surface area is 93.2 Å². The zero-order valence-corrected chi connectivity index (χ0v) is 8.94. The largest absolute Gasteiger partial charge is 0.463 e. The molecule has 0 heterocycles. The Balaban J connectivity index is 2.84. The van der Waals surface area contributed by atoms with Gasteiger partial charge in [-0.1, -0.05) is 6.07 Å². The van der Waals surface area contributed by atoms with E-state index >= 15 is 0 Å². The molecule has 0 fully saturated rings. The second-order valence-electron chi connectivity index (χ2n) is 3.09. The highest BCUT2D eigenvalue weighted by Crippen LogP contribution is 2.13. The first-order valence-electron chi connectivity index (χ1n) is 4.91. The number of aliphatic hydroxyl groups is 1. The number of rotatable bonds is 4. The lowest BCUT2D eigenvalue weighted by Crippen LogP contribution is -1.99. The topological polar surface area (TPSA) is 46.5 Å². The summed E-state index contributed by atoms with van der Waals surface area (Å²) in [6.45, 7) is 1.74. The van der Waals surface area contributed by atoms with E-state index in [1.807, 2.05) is 0 Å². The summed E-state index contributed by atoms with van der Waals surface area (Å²) in [5.41, 5.74) is 1.03. The summed E-state index contributed by atoms with van der Waals surface area (Å²) in [7, 11) is 0. The number of carbonyl (C=O) groups excluding carboxylic acids is 1. The molecule has 1 aromatic rings. The fraction of sp³-hybridized carbons (Fsp3) is 0.250.